The van der Waals surface area contributed by atoms with Crippen LogP contribution in [0.2, 0.25) is 0 Å². The fourth-order valence-corrected chi connectivity index (χ4v) is 0.856. The highest BCUT2D eigenvalue weighted by Crippen LogP contribution is 1.87. The first kappa shape index (κ1) is 10.4. The van der Waals surface area contributed by atoms with E-state index in [1.807, 2.05) is 35.8 Å². The monoisotopic (exact) mass is 267 g/mol. The van der Waals surface area contributed by atoms with E-state index in [2.05, 4.69) is 5.16 Å². The SMILES string of the molecule is Cn1c[n+](C)cc1C=NO.[I-]. The fraction of sp³-hybridized carbons (Fsp3) is 0.333. The Bertz CT molecular complexity index is 256. The zero-order valence-electron chi connectivity index (χ0n) is 6.40. The molecule has 1 N–H and O–H groups in total. The minimum Gasteiger partial charge on any atom is -1.00 e. The maximum atomic E-state index is 8.20. The third-order valence-corrected chi connectivity index (χ3v) is 1.29. The lowest BCUT2D eigenvalue weighted by atomic mass is 10.5. The summed E-state index contributed by atoms with van der Waals surface area (Å²) in [5.74, 6) is 0. The quantitative estimate of drug-likeness (QED) is 0.187. The molecule has 0 aromatic carbocycles. The second-order valence-corrected chi connectivity index (χ2v) is 2.19. The smallest absolute Gasteiger partial charge is 0.243 e. The van der Waals surface area contributed by atoms with Crippen LogP contribution in [-0.2, 0) is 14.1 Å². The number of nitrogens with zero attached hydrogens (tertiary/aromatic N) is 3. The van der Waals surface area contributed by atoms with Crippen molar-refractivity contribution in [3.63, 3.8) is 0 Å². The van der Waals surface area contributed by atoms with Crippen molar-refractivity contribution in [2.75, 3.05) is 0 Å². The van der Waals surface area contributed by atoms with E-state index in [-0.39, 0.29) is 24.0 Å². The zero-order chi connectivity index (χ0) is 7.56. The summed E-state index contributed by atoms with van der Waals surface area (Å²) in [5, 5.41) is 11.1. The molecule has 0 saturated heterocycles. The van der Waals surface area contributed by atoms with Crippen molar-refractivity contribution >= 4 is 6.21 Å². The first-order valence-electron chi connectivity index (χ1n) is 2.93. The Balaban J connectivity index is 0.000001000. The van der Waals surface area contributed by atoms with Crippen LogP contribution in [0, 0.1) is 0 Å². The summed E-state index contributed by atoms with van der Waals surface area (Å²) in [4.78, 5) is 0. The van der Waals surface area contributed by atoms with Gasteiger partial charge in [0.25, 0.3) is 0 Å². The maximum absolute atomic E-state index is 8.20. The summed E-state index contributed by atoms with van der Waals surface area (Å²) >= 11 is 0. The second kappa shape index (κ2) is 4.32. The molecule has 1 aromatic heterocycles. The van der Waals surface area contributed by atoms with E-state index in [1.54, 1.807) is 0 Å². The molecule has 0 aliphatic heterocycles. The van der Waals surface area contributed by atoms with Gasteiger partial charge < -0.3 is 29.2 Å². The molecule has 0 amide bonds. The topological polar surface area (TPSA) is 41.4 Å². The van der Waals surface area contributed by atoms with E-state index in [4.69, 9.17) is 5.21 Å². The largest absolute Gasteiger partial charge is 1.00 e. The van der Waals surface area contributed by atoms with Gasteiger partial charge >= 0.3 is 0 Å². The summed E-state index contributed by atoms with van der Waals surface area (Å²) in [5.41, 5.74) is 0.866. The minimum absolute atomic E-state index is 0. The Labute approximate surface area is 82.2 Å². The minimum atomic E-state index is 0. The summed E-state index contributed by atoms with van der Waals surface area (Å²) in [6, 6.07) is 0. The molecule has 0 unspecified atom stereocenters. The molecule has 4 nitrogen and oxygen atoms in total. The van der Waals surface area contributed by atoms with Crippen LogP contribution in [0.25, 0.3) is 0 Å². The maximum Gasteiger partial charge on any atom is 0.243 e. The van der Waals surface area contributed by atoms with Crippen molar-refractivity contribution in [3.8, 4) is 0 Å². The Morgan fingerprint density at radius 1 is 1.73 bits per heavy atom. The standard InChI is InChI=1S/C6H9N3O.HI/c1-8-4-6(3-7-10)9(2)5-8;/h3-5H,1-2H3;1H. The van der Waals surface area contributed by atoms with Crippen molar-refractivity contribution < 1.29 is 33.8 Å². The number of imidazole rings is 1. The molecule has 11 heavy (non-hydrogen) atoms. The number of rotatable bonds is 1. The number of halogens is 1. The Morgan fingerprint density at radius 3 is 2.73 bits per heavy atom. The number of aromatic nitrogens is 2. The predicted octanol–water partition coefficient (Wildman–Crippen LogP) is -3.34. The normalized spacial score (nSPS) is 10.0. The Kier molecular flexibility index (Phi) is 4.09. The molecule has 0 fully saturated rings. The number of aryl methyl sites for hydroxylation is 2. The molecule has 1 heterocycles. The van der Waals surface area contributed by atoms with Gasteiger partial charge in [0.15, 0.2) is 5.69 Å². The molecule has 62 valence electrons. The van der Waals surface area contributed by atoms with Crippen molar-refractivity contribution in [3.05, 3.63) is 18.2 Å². The average Bonchev–Trinajstić information content (AvgIpc) is 2.13. The van der Waals surface area contributed by atoms with E-state index in [0.29, 0.717) is 0 Å². The van der Waals surface area contributed by atoms with E-state index >= 15 is 0 Å². The van der Waals surface area contributed by atoms with Crippen molar-refractivity contribution in [1.82, 2.24) is 4.57 Å². The van der Waals surface area contributed by atoms with Gasteiger partial charge in [-0.05, 0) is 0 Å². The van der Waals surface area contributed by atoms with Gasteiger partial charge in [0, 0.05) is 0 Å². The van der Waals surface area contributed by atoms with Gasteiger partial charge in [-0.3, -0.25) is 0 Å². The highest BCUT2D eigenvalue weighted by molar-refractivity contribution is 5.75. The lowest BCUT2D eigenvalue weighted by Crippen LogP contribution is -3.00. The number of hydrogen-bond donors (Lipinski definition) is 1. The predicted molar refractivity (Wildman–Crippen MR) is 36.0 cm³/mol. The summed E-state index contributed by atoms with van der Waals surface area (Å²) < 4.78 is 3.75. The molecule has 0 aliphatic rings. The first-order chi connectivity index (χ1) is 4.74. The van der Waals surface area contributed by atoms with E-state index < -0.39 is 0 Å². The van der Waals surface area contributed by atoms with E-state index in [0.717, 1.165) is 5.69 Å². The van der Waals surface area contributed by atoms with Gasteiger partial charge in [-0.15, -0.1) is 0 Å². The molecule has 1 rings (SSSR count). The molecule has 0 spiro atoms. The van der Waals surface area contributed by atoms with Crippen LogP contribution >= 0.6 is 0 Å². The molecule has 0 bridgehead atoms. The lowest BCUT2D eigenvalue weighted by molar-refractivity contribution is -0.670. The fourth-order valence-electron chi connectivity index (χ4n) is 0.856. The Hall–Kier alpha value is -0.590. The zero-order valence-corrected chi connectivity index (χ0v) is 8.56. The molecular weight excluding hydrogens is 257 g/mol. The molecule has 5 heteroatoms. The van der Waals surface area contributed by atoms with Crippen LogP contribution < -0.4 is 28.5 Å². The molecule has 0 atom stereocenters. The number of hydrogen-bond acceptors (Lipinski definition) is 2. The van der Waals surface area contributed by atoms with Crippen LogP contribution in [-0.4, -0.2) is 16.0 Å². The van der Waals surface area contributed by atoms with Gasteiger partial charge in [-0.2, -0.15) is 0 Å². The van der Waals surface area contributed by atoms with Gasteiger partial charge in [0.2, 0.25) is 6.33 Å². The van der Waals surface area contributed by atoms with Crippen molar-refractivity contribution in [2.45, 2.75) is 0 Å². The first-order valence-corrected chi connectivity index (χ1v) is 2.93. The summed E-state index contributed by atoms with van der Waals surface area (Å²) in [7, 11) is 3.80. The van der Waals surface area contributed by atoms with Crippen molar-refractivity contribution in [2.24, 2.45) is 19.3 Å². The van der Waals surface area contributed by atoms with Gasteiger partial charge in [0.05, 0.1) is 14.1 Å². The van der Waals surface area contributed by atoms with Crippen LogP contribution in [0.15, 0.2) is 17.7 Å². The molecule has 0 saturated carbocycles. The highest BCUT2D eigenvalue weighted by Gasteiger charge is 2.03. The van der Waals surface area contributed by atoms with Crippen LogP contribution in [0.5, 0.6) is 0 Å². The lowest BCUT2D eigenvalue weighted by Gasteiger charge is -1.80. The van der Waals surface area contributed by atoms with Crippen molar-refractivity contribution in [1.29, 1.82) is 0 Å². The summed E-state index contributed by atoms with van der Waals surface area (Å²) in [6.45, 7) is 0. The van der Waals surface area contributed by atoms with Gasteiger partial charge in [-0.1, -0.05) is 5.16 Å². The third-order valence-electron chi connectivity index (χ3n) is 1.29. The molecular formula is C6H10IN3O. The molecule has 0 aliphatic carbocycles. The van der Waals surface area contributed by atoms with Gasteiger partial charge in [0.1, 0.15) is 12.4 Å². The van der Waals surface area contributed by atoms with Crippen LogP contribution in [0.1, 0.15) is 5.69 Å². The van der Waals surface area contributed by atoms with E-state index in [9.17, 15) is 0 Å². The third kappa shape index (κ3) is 2.49. The van der Waals surface area contributed by atoms with Crippen LogP contribution in [0.3, 0.4) is 0 Å². The summed E-state index contributed by atoms with van der Waals surface area (Å²) in [6.07, 6.45) is 5.14. The molecule has 0 radical (unpaired) electrons. The average molecular weight is 267 g/mol. The number of oxime groups is 1. The second-order valence-electron chi connectivity index (χ2n) is 2.19. The van der Waals surface area contributed by atoms with Crippen LogP contribution in [0.4, 0.5) is 0 Å². The highest BCUT2D eigenvalue weighted by atomic mass is 127. The molecule has 1 aromatic rings. The van der Waals surface area contributed by atoms with Gasteiger partial charge in [-0.25, -0.2) is 9.13 Å². The van der Waals surface area contributed by atoms with E-state index in [1.165, 1.54) is 6.21 Å². The Morgan fingerprint density at radius 2 is 2.36 bits per heavy atom.